The molecule has 0 spiro atoms. The van der Waals surface area contributed by atoms with E-state index < -0.39 is 0 Å². The normalized spacial score (nSPS) is 14.3. The standard InChI is InChI=1S/C25H27N3O4/c1-5-28(18-9-6-8-15(2)14-18)25(30)23-16(3)22-20(10-7-11-21(22)32-23)26-27-24(29)19-12-13-31-17(19)4/h6,8-9,12-14H,5,7,10-11H2,1-4H3,(H,27,29)/b26-20+. The molecule has 7 nitrogen and oxygen atoms in total. The Morgan fingerprint density at radius 2 is 1.97 bits per heavy atom. The van der Waals surface area contributed by atoms with Crippen LogP contribution in [-0.2, 0) is 6.42 Å². The Morgan fingerprint density at radius 3 is 2.66 bits per heavy atom. The summed E-state index contributed by atoms with van der Waals surface area (Å²) >= 11 is 0. The number of carbonyl (C=O) groups is 2. The highest BCUT2D eigenvalue weighted by molar-refractivity contribution is 6.10. The summed E-state index contributed by atoms with van der Waals surface area (Å²) in [6, 6.07) is 9.46. The quantitative estimate of drug-likeness (QED) is 0.578. The minimum atomic E-state index is -0.329. The zero-order valence-corrected chi connectivity index (χ0v) is 18.8. The molecule has 7 heteroatoms. The Labute approximate surface area is 187 Å². The van der Waals surface area contributed by atoms with Crippen LogP contribution in [0.15, 0.2) is 50.5 Å². The Balaban J connectivity index is 1.64. The third-order valence-corrected chi connectivity index (χ3v) is 5.79. The van der Waals surface area contributed by atoms with E-state index >= 15 is 0 Å². The molecular weight excluding hydrogens is 406 g/mol. The second-order valence-electron chi connectivity index (χ2n) is 7.99. The van der Waals surface area contributed by atoms with E-state index in [0.29, 0.717) is 30.0 Å². The van der Waals surface area contributed by atoms with Gasteiger partial charge in [0.25, 0.3) is 11.8 Å². The number of hydrogen-bond donors (Lipinski definition) is 1. The Morgan fingerprint density at radius 1 is 1.16 bits per heavy atom. The largest absolute Gasteiger partial charge is 0.469 e. The summed E-state index contributed by atoms with van der Waals surface area (Å²) in [6.07, 6.45) is 3.74. The molecule has 166 valence electrons. The lowest BCUT2D eigenvalue weighted by Crippen LogP contribution is -2.31. The fourth-order valence-electron chi connectivity index (χ4n) is 4.14. The van der Waals surface area contributed by atoms with Crippen molar-refractivity contribution in [3.05, 3.63) is 76.1 Å². The minimum absolute atomic E-state index is 0.178. The summed E-state index contributed by atoms with van der Waals surface area (Å²) in [5, 5.41) is 4.38. The van der Waals surface area contributed by atoms with Crippen LogP contribution in [0.5, 0.6) is 0 Å². The van der Waals surface area contributed by atoms with Gasteiger partial charge in [-0.1, -0.05) is 12.1 Å². The number of nitrogens with zero attached hydrogens (tertiary/aromatic N) is 2. The maximum Gasteiger partial charge on any atom is 0.294 e. The molecule has 2 heterocycles. The number of aryl methyl sites for hydroxylation is 3. The molecule has 0 unspecified atom stereocenters. The number of anilines is 1. The van der Waals surface area contributed by atoms with Crippen LogP contribution in [0.25, 0.3) is 0 Å². The SMILES string of the molecule is CCN(C(=O)c1oc2c(c1C)/C(=N/NC(=O)c1ccoc1C)CCC2)c1cccc(C)c1. The van der Waals surface area contributed by atoms with Crippen molar-refractivity contribution in [3.8, 4) is 0 Å². The fraction of sp³-hybridized carbons (Fsp3) is 0.320. The van der Waals surface area contributed by atoms with Gasteiger partial charge in [-0.3, -0.25) is 9.59 Å². The van der Waals surface area contributed by atoms with Gasteiger partial charge in [0.15, 0.2) is 5.76 Å². The number of benzene rings is 1. The average molecular weight is 434 g/mol. The first-order valence-electron chi connectivity index (χ1n) is 10.8. The van der Waals surface area contributed by atoms with Crippen LogP contribution in [0.3, 0.4) is 0 Å². The Kier molecular flexibility index (Phi) is 5.99. The van der Waals surface area contributed by atoms with Crippen molar-refractivity contribution in [2.24, 2.45) is 5.10 Å². The van der Waals surface area contributed by atoms with E-state index in [1.165, 1.54) is 6.26 Å². The van der Waals surface area contributed by atoms with E-state index in [-0.39, 0.29) is 11.8 Å². The number of fused-ring (bicyclic) bond motifs is 1. The molecule has 1 N–H and O–H groups in total. The predicted molar refractivity (Wildman–Crippen MR) is 122 cm³/mol. The van der Waals surface area contributed by atoms with Crippen LogP contribution in [0.1, 0.15) is 68.9 Å². The predicted octanol–water partition coefficient (Wildman–Crippen LogP) is 4.93. The highest BCUT2D eigenvalue weighted by Gasteiger charge is 2.30. The third-order valence-electron chi connectivity index (χ3n) is 5.79. The summed E-state index contributed by atoms with van der Waals surface area (Å²) in [7, 11) is 0. The molecule has 32 heavy (non-hydrogen) atoms. The molecule has 1 aromatic carbocycles. The number of amides is 2. The lowest BCUT2D eigenvalue weighted by atomic mass is 9.93. The second-order valence-corrected chi connectivity index (χ2v) is 7.99. The summed E-state index contributed by atoms with van der Waals surface area (Å²) in [4.78, 5) is 27.5. The topological polar surface area (TPSA) is 88.0 Å². The van der Waals surface area contributed by atoms with Gasteiger partial charge in [-0.15, -0.1) is 0 Å². The Bertz CT molecular complexity index is 1200. The average Bonchev–Trinajstić information content (AvgIpc) is 3.36. The van der Waals surface area contributed by atoms with Crippen molar-refractivity contribution >= 4 is 23.2 Å². The number of furan rings is 2. The molecule has 0 saturated heterocycles. The van der Waals surface area contributed by atoms with Gasteiger partial charge in [0.2, 0.25) is 0 Å². The lowest BCUT2D eigenvalue weighted by molar-refractivity contribution is 0.0948. The van der Waals surface area contributed by atoms with E-state index in [4.69, 9.17) is 8.83 Å². The molecule has 1 aliphatic rings. The maximum absolute atomic E-state index is 13.4. The number of hydrogen-bond acceptors (Lipinski definition) is 5. The van der Waals surface area contributed by atoms with Crippen LogP contribution in [0.4, 0.5) is 5.69 Å². The highest BCUT2D eigenvalue weighted by atomic mass is 16.4. The van der Waals surface area contributed by atoms with Crippen molar-refractivity contribution in [2.45, 2.75) is 47.0 Å². The van der Waals surface area contributed by atoms with E-state index in [0.717, 1.165) is 46.7 Å². The minimum Gasteiger partial charge on any atom is -0.469 e. The summed E-state index contributed by atoms with van der Waals surface area (Å²) in [5.41, 5.74) is 7.29. The molecule has 2 aromatic heterocycles. The molecule has 1 aliphatic carbocycles. The van der Waals surface area contributed by atoms with Crippen LogP contribution >= 0.6 is 0 Å². The molecule has 0 aliphatic heterocycles. The fourth-order valence-corrected chi connectivity index (χ4v) is 4.14. The zero-order chi connectivity index (χ0) is 22.8. The van der Waals surface area contributed by atoms with Gasteiger partial charge >= 0.3 is 0 Å². The molecular formula is C25H27N3O4. The van der Waals surface area contributed by atoms with Crippen LogP contribution in [0.2, 0.25) is 0 Å². The Hall–Kier alpha value is -3.61. The lowest BCUT2D eigenvalue weighted by Gasteiger charge is -2.20. The molecule has 2 amide bonds. The summed E-state index contributed by atoms with van der Waals surface area (Å²) in [5.74, 6) is 1.09. The number of nitrogens with one attached hydrogen (secondary N) is 1. The zero-order valence-electron chi connectivity index (χ0n) is 18.8. The summed E-state index contributed by atoms with van der Waals surface area (Å²) < 4.78 is 11.3. The van der Waals surface area contributed by atoms with Crippen LogP contribution < -0.4 is 10.3 Å². The number of carbonyl (C=O) groups excluding carboxylic acids is 2. The van der Waals surface area contributed by atoms with E-state index in [1.807, 2.05) is 45.0 Å². The monoisotopic (exact) mass is 433 g/mol. The number of rotatable bonds is 5. The molecule has 0 saturated carbocycles. The van der Waals surface area contributed by atoms with Gasteiger partial charge < -0.3 is 13.7 Å². The first-order chi connectivity index (χ1) is 15.4. The van der Waals surface area contributed by atoms with Crippen molar-refractivity contribution < 1.29 is 18.4 Å². The van der Waals surface area contributed by atoms with Gasteiger partial charge in [-0.25, -0.2) is 5.43 Å². The highest BCUT2D eigenvalue weighted by Crippen LogP contribution is 2.31. The van der Waals surface area contributed by atoms with E-state index in [2.05, 4.69) is 10.5 Å². The summed E-state index contributed by atoms with van der Waals surface area (Å²) in [6.45, 7) is 8.07. The molecule has 0 bridgehead atoms. The van der Waals surface area contributed by atoms with Gasteiger partial charge in [-0.2, -0.15) is 5.10 Å². The van der Waals surface area contributed by atoms with Crippen molar-refractivity contribution in [3.63, 3.8) is 0 Å². The van der Waals surface area contributed by atoms with Crippen molar-refractivity contribution in [1.29, 1.82) is 0 Å². The first kappa shape index (κ1) is 21.6. The van der Waals surface area contributed by atoms with Crippen molar-refractivity contribution in [1.82, 2.24) is 5.43 Å². The van der Waals surface area contributed by atoms with Gasteiger partial charge in [0.05, 0.1) is 17.5 Å². The van der Waals surface area contributed by atoms with Crippen LogP contribution in [-0.4, -0.2) is 24.1 Å². The molecule has 4 rings (SSSR count). The first-order valence-corrected chi connectivity index (χ1v) is 10.8. The van der Waals surface area contributed by atoms with Crippen LogP contribution in [0, 0.1) is 20.8 Å². The maximum atomic E-state index is 13.4. The molecule has 0 atom stereocenters. The smallest absolute Gasteiger partial charge is 0.294 e. The van der Waals surface area contributed by atoms with Gasteiger partial charge in [0, 0.05) is 29.8 Å². The second kappa shape index (κ2) is 8.86. The van der Waals surface area contributed by atoms with Gasteiger partial charge in [-0.05, 0) is 64.3 Å². The third kappa shape index (κ3) is 3.98. The molecule has 3 aromatic rings. The molecule has 0 radical (unpaired) electrons. The van der Waals surface area contributed by atoms with Gasteiger partial charge in [0.1, 0.15) is 11.5 Å². The van der Waals surface area contributed by atoms with Crippen molar-refractivity contribution in [2.75, 3.05) is 11.4 Å². The molecule has 0 fully saturated rings. The number of hydrazone groups is 1. The van der Waals surface area contributed by atoms with E-state index in [1.54, 1.807) is 17.9 Å². The van der Waals surface area contributed by atoms with E-state index in [9.17, 15) is 9.59 Å².